The van der Waals surface area contributed by atoms with Gasteiger partial charge >= 0.3 is 0 Å². The molecule has 3 aromatic rings. The highest BCUT2D eigenvalue weighted by molar-refractivity contribution is 5.79. The molecule has 0 spiro atoms. The van der Waals surface area contributed by atoms with E-state index in [1.54, 1.807) is 12.4 Å². The number of ether oxygens (including phenoxy) is 1. The molecule has 2 heterocycles. The van der Waals surface area contributed by atoms with Gasteiger partial charge in [-0.1, -0.05) is 35.9 Å². The zero-order chi connectivity index (χ0) is 22.5. The van der Waals surface area contributed by atoms with Gasteiger partial charge in [0, 0.05) is 32.0 Å². The number of nitrogens with zero attached hydrogens (tertiary/aromatic N) is 3. The van der Waals surface area contributed by atoms with Crippen LogP contribution in [0.1, 0.15) is 35.1 Å². The molecule has 32 heavy (non-hydrogen) atoms. The first-order chi connectivity index (χ1) is 15.5. The van der Waals surface area contributed by atoms with Crippen molar-refractivity contribution in [2.75, 3.05) is 18.0 Å². The van der Waals surface area contributed by atoms with Crippen LogP contribution < -0.4 is 15.0 Å². The number of nitrogens with one attached hydrogen (secondary N) is 1. The van der Waals surface area contributed by atoms with Crippen LogP contribution in [0.2, 0.25) is 0 Å². The predicted octanol–water partition coefficient (Wildman–Crippen LogP) is 4.73. The molecule has 166 valence electrons. The van der Waals surface area contributed by atoms with E-state index in [-0.39, 0.29) is 11.8 Å². The lowest BCUT2D eigenvalue weighted by molar-refractivity contribution is -0.125. The van der Waals surface area contributed by atoms with Crippen molar-refractivity contribution in [1.29, 1.82) is 0 Å². The highest BCUT2D eigenvalue weighted by Gasteiger charge is 2.28. The SMILES string of the molecule is Cc1ccc(Oc2nccnc2N2CCC[C@H](C(=O)NCc3ccc(C)c(C)c3)C2)cc1. The van der Waals surface area contributed by atoms with Crippen molar-refractivity contribution in [3.05, 3.63) is 77.1 Å². The van der Waals surface area contributed by atoms with E-state index in [1.807, 2.05) is 31.2 Å². The predicted molar refractivity (Wildman–Crippen MR) is 126 cm³/mol. The summed E-state index contributed by atoms with van der Waals surface area (Å²) in [6.45, 7) is 8.19. The Morgan fingerprint density at radius 1 is 1.06 bits per heavy atom. The standard InChI is InChI=1S/C26H30N4O2/c1-18-6-10-23(11-7-18)32-26-24(27-12-13-28-26)30-14-4-5-22(17-30)25(31)29-16-21-9-8-19(2)20(3)15-21/h6-13,15,22H,4-5,14,16-17H2,1-3H3,(H,29,31)/t22-/m0/s1. The smallest absolute Gasteiger partial charge is 0.263 e. The lowest BCUT2D eigenvalue weighted by atomic mass is 9.97. The molecule has 6 nitrogen and oxygen atoms in total. The minimum Gasteiger partial charge on any atom is -0.436 e. The van der Waals surface area contributed by atoms with E-state index < -0.39 is 0 Å². The number of aryl methyl sites for hydroxylation is 3. The van der Waals surface area contributed by atoms with Crippen LogP contribution in [0.15, 0.2) is 54.9 Å². The zero-order valence-corrected chi connectivity index (χ0v) is 19.0. The van der Waals surface area contributed by atoms with Crippen LogP contribution in [-0.2, 0) is 11.3 Å². The highest BCUT2D eigenvalue weighted by atomic mass is 16.5. The number of aromatic nitrogens is 2. The van der Waals surface area contributed by atoms with Crippen molar-refractivity contribution < 1.29 is 9.53 Å². The van der Waals surface area contributed by atoms with Gasteiger partial charge in [-0.05, 0) is 62.4 Å². The number of anilines is 1. The topological polar surface area (TPSA) is 67.4 Å². The molecule has 1 aliphatic rings. The number of hydrogen-bond acceptors (Lipinski definition) is 5. The van der Waals surface area contributed by atoms with Crippen molar-refractivity contribution in [3.8, 4) is 11.6 Å². The van der Waals surface area contributed by atoms with Gasteiger partial charge in [-0.15, -0.1) is 0 Å². The summed E-state index contributed by atoms with van der Waals surface area (Å²) >= 11 is 0. The molecule has 1 fully saturated rings. The molecule has 1 atom stereocenters. The molecule has 1 aromatic heterocycles. The van der Waals surface area contributed by atoms with E-state index >= 15 is 0 Å². The Kier molecular flexibility index (Phi) is 6.69. The molecule has 0 aliphatic carbocycles. The maximum absolute atomic E-state index is 12.9. The summed E-state index contributed by atoms with van der Waals surface area (Å²) in [5.41, 5.74) is 4.79. The third-order valence-corrected chi connectivity index (χ3v) is 6.01. The molecule has 1 amide bonds. The highest BCUT2D eigenvalue weighted by Crippen LogP contribution is 2.31. The van der Waals surface area contributed by atoms with Crippen molar-refractivity contribution in [2.24, 2.45) is 5.92 Å². The first kappa shape index (κ1) is 21.8. The summed E-state index contributed by atoms with van der Waals surface area (Å²) < 4.78 is 6.02. The summed E-state index contributed by atoms with van der Waals surface area (Å²) in [6, 6.07) is 14.2. The molecule has 0 bridgehead atoms. The van der Waals surface area contributed by atoms with E-state index in [9.17, 15) is 4.79 Å². The second-order valence-electron chi connectivity index (χ2n) is 8.52. The van der Waals surface area contributed by atoms with E-state index in [0.29, 0.717) is 24.8 Å². The van der Waals surface area contributed by atoms with Gasteiger partial charge in [0.2, 0.25) is 5.91 Å². The molecule has 0 saturated carbocycles. The third-order valence-electron chi connectivity index (χ3n) is 6.01. The summed E-state index contributed by atoms with van der Waals surface area (Å²) in [5, 5.41) is 3.11. The Bertz CT molecular complexity index is 1080. The number of hydrogen-bond donors (Lipinski definition) is 1. The minimum absolute atomic E-state index is 0.0813. The van der Waals surface area contributed by atoms with Gasteiger partial charge < -0.3 is 15.0 Å². The van der Waals surface area contributed by atoms with Gasteiger partial charge in [0.05, 0.1) is 5.92 Å². The van der Waals surface area contributed by atoms with Crippen LogP contribution in [0.3, 0.4) is 0 Å². The Labute approximate surface area is 189 Å². The average Bonchev–Trinajstić information content (AvgIpc) is 2.81. The molecule has 4 rings (SSSR count). The van der Waals surface area contributed by atoms with Crippen molar-refractivity contribution in [2.45, 2.75) is 40.2 Å². The minimum atomic E-state index is -0.0930. The molecular formula is C26H30N4O2. The number of rotatable bonds is 6. The Balaban J connectivity index is 1.41. The molecule has 6 heteroatoms. The number of piperidine rings is 1. The van der Waals surface area contributed by atoms with Crippen LogP contribution in [0.4, 0.5) is 5.82 Å². The van der Waals surface area contributed by atoms with Gasteiger partial charge in [0.25, 0.3) is 5.88 Å². The van der Waals surface area contributed by atoms with Crippen LogP contribution in [0, 0.1) is 26.7 Å². The second-order valence-corrected chi connectivity index (χ2v) is 8.52. The Hall–Kier alpha value is -3.41. The number of benzene rings is 2. The van der Waals surface area contributed by atoms with Gasteiger partial charge in [0.1, 0.15) is 5.75 Å². The first-order valence-corrected chi connectivity index (χ1v) is 11.1. The fourth-order valence-electron chi connectivity index (χ4n) is 3.96. The fourth-order valence-corrected chi connectivity index (χ4v) is 3.96. The molecule has 1 N–H and O–H groups in total. The normalized spacial score (nSPS) is 16.0. The quantitative estimate of drug-likeness (QED) is 0.613. The molecule has 0 unspecified atom stereocenters. The number of carbonyl (C=O) groups is 1. The van der Waals surface area contributed by atoms with E-state index in [4.69, 9.17) is 4.74 Å². The molecule has 1 aliphatic heterocycles. The molecular weight excluding hydrogens is 400 g/mol. The van der Waals surface area contributed by atoms with E-state index in [0.717, 1.165) is 30.7 Å². The number of carbonyl (C=O) groups excluding carboxylic acids is 1. The van der Waals surface area contributed by atoms with Gasteiger partial charge in [-0.2, -0.15) is 0 Å². The van der Waals surface area contributed by atoms with Crippen LogP contribution >= 0.6 is 0 Å². The van der Waals surface area contributed by atoms with Crippen molar-refractivity contribution in [1.82, 2.24) is 15.3 Å². The molecule has 0 radical (unpaired) electrons. The van der Waals surface area contributed by atoms with Gasteiger partial charge in [-0.25, -0.2) is 9.97 Å². The summed E-state index contributed by atoms with van der Waals surface area (Å²) in [6.07, 6.45) is 5.08. The van der Waals surface area contributed by atoms with Gasteiger partial charge in [0.15, 0.2) is 5.82 Å². The maximum atomic E-state index is 12.9. The Morgan fingerprint density at radius 3 is 2.62 bits per heavy atom. The monoisotopic (exact) mass is 430 g/mol. The zero-order valence-electron chi connectivity index (χ0n) is 19.0. The average molecular weight is 431 g/mol. The largest absolute Gasteiger partial charge is 0.436 e. The second kappa shape index (κ2) is 9.81. The first-order valence-electron chi connectivity index (χ1n) is 11.1. The van der Waals surface area contributed by atoms with Crippen LogP contribution in [0.5, 0.6) is 11.6 Å². The fraction of sp³-hybridized carbons (Fsp3) is 0.346. The molecule has 2 aromatic carbocycles. The van der Waals surface area contributed by atoms with Crippen molar-refractivity contribution >= 4 is 11.7 Å². The summed E-state index contributed by atoms with van der Waals surface area (Å²) in [4.78, 5) is 23.9. The summed E-state index contributed by atoms with van der Waals surface area (Å²) in [7, 11) is 0. The molecule has 1 saturated heterocycles. The summed E-state index contributed by atoms with van der Waals surface area (Å²) in [5.74, 6) is 1.85. The van der Waals surface area contributed by atoms with Crippen molar-refractivity contribution in [3.63, 3.8) is 0 Å². The van der Waals surface area contributed by atoms with Crippen LogP contribution in [-0.4, -0.2) is 29.0 Å². The maximum Gasteiger partial charge on any atom is 0.263 e. The lowest BCUT2D eigenvalue weighted by Gasteiger charge is -2.33. The third kappa shape index (κ3) is 5.25. The number of amides is 1. The van der Waals surface area contributed by atoms with Gasteiger partial charge in [-0.3, -0.25) is 4.79 Å². The Morgan fingerprint density at radius 2 is 1.84 bits per heavy atom. The van der Waals surface area contributed by atoms with E-state index in [2.05, 4.69) is 52.2 Å². The van der Waals surface area contributed by atoms with E-state index in [1.165, 1.54) is 16.7 Å². The lowest BCUT2D eigenvalue weighted by Crippen LogP contribution is -2.43. The van der Waals surface area contributed by atoms with Crippen LogP contribution in [0.25, 0.3) is 0 Å².